The van der Waals surface area contributed by atoms with Gasteiger partial charge in [-0.2, -0.15) is 0 Å². The number of halogens is 1. The Morgan fingerprint density at radius 3 is 2.45 bits per heavy atom. The van der Waals surface area contributed by atoms with Gasteiger partial charge in [0.25, 0.3) is 0 Å². The molecule has 1 aromatic carbocycles. The van der Waals surface area contributed by atoms with Crippen molar-refractivity contribution in [2.45, 2.75) is 37.6 Å². The smallest absolute Gasteiger partial charge is 0.248 e. The summed E-state index contributed by atoms with van der Waals surface area (Å²) in [5.41, 5.74) is 10.3. The number of nitrogens with one attached hydrogen (secondary N) is 1. The zero-order valence-corrected chi connectivity index (χ0v) is 11.1. The van der Waals surface area contributed by atoms with Crippen LogP contribution in [-0.4, -0.2) is 17.4 Å². The summed E-state index contributed by atoms with van der Waals surface area (Å²) in [6.07, 6.45) is 3.98. The van der Waals surface area contributed by atoms with E-state index in [2.05, 4.69) is 5.32 Å². The van der Waals surface area contributed by atoms with Crippen LogP contribution < -0.4 is 16.8 Å². The van der Waals surface area contributed by atoms with Crippen molar-refractivity contribution in [3.8, 4) is 0 Å². The number of carbonyl (C=O) groups excluding carboxylic acids is 2. The third-order valence-corrected chi connectivity index (χ3v) is 3.70. The fraction of sp³-hybridized carbons (Fsp3) is 0.429. The lowest BCUT2D eigenvalue weighted by Gasteiger charge is -2.31. The number of benzene rings is 1. The molecule has 0 saturated heterocycles. The van der Waals surface area contributed by atoms with Crippen LogP contribution in [0.2, 0.25) is 0 Å². The largest absolute Gasteiger partial charge is 0.366 e. The fourth-order valence-corrected chi connectivity index (χ4v) is 2.43. The SMILES string of the molecule is NC(=O)c1ccc(F)c(NC(=O)C2(N)CCCCC2)c1. The summed E-state index contributed by atoms with van der Waals surface area (Å²) in [5, 5.41) is 2.47. The van der Waals surface area contributed by atoms with E-state index in [1.807, 2.05) is 0 Å². The van der Waals surface area contributed by atoms with Crippen molar-refractivity contribution in [1.29, 1.82) is 0 Å². The van der Waals surface area contributed by atoms with E-state index in [1.165, 1.54) is 12.1 Å². The maximum absolute atomic E-state index is 13.7. The summed E-state index contributed by atoms with van der Waals surface area (Å²) in [6.45, 7) is 0. The van der Waals surface area contributed by atoms with Gasteiger partial charge in [0.05, 0.1) is 11.2 Å². The van der Waals surface area contributed by atoms with Crippen molar-refractivity contribution in [2.75, 3.05) is 5.32 Å². The molecule has 1 aromatic rings. The molecule has 20 heavy (non-hydrogen) atoms. The molecule has 2 rings (SSSR count). The molecule has 0 radical (unpaired) electrons. The third kappa shape index (κ3) is 2.96. The molecule has 0 aliphatic heterocycles. The molecule has 5 nitrogen and oxygen atoms in total. The average molecular weight is 279 g/mol. The van der Waals surface area contributed by atoms with Crippen LogP contribution in [0.4, 0.5) is 10.1 Å². The van der Waals surface area contributed by atoms with Crippen molar-refractivity contribution < 1.29 is 14.0 Å². The molecule has 0 aromatic heterocycles. The molecule has 1 saturated carbocycles. The molecular formula is C14H18FN3O2. The second-order valence-electron chi connectivity index (χ2n) is 5.23. The standard InChI is InChI=1S/C14H18FN3O2/c15-10-5-4-9(12(16)19)8-11(10)18-13(20)14(17)6-2-1-3-7-14/h4-5,8H,1-3,6-7,17H2,(H2,16,19)(H,18,20). The fourth-order valence-electron chi connectivity index (χ4n) is 2.43. The third-order valence-electron chi connectivity index (χ3n) is 3.70. The van der Waals surface area contributed by atoms with Gasteiger partial charge in [-0.1, -0.05) is 19.3 Å². The molecule has 0 bridgehead atoms. The molecule has 0 unspecified atom stereocenters. The second kappa shape index (κ2) is 5.58. The second-order valence-corrected chi connectivity index (χ2v) is 5.23. The Balaban J connectivity index is 2.18. The van der Waals surface area contributed by atoms with Gasteiger partial charge < -0.3 is 16.8 Å². The summed E-state index contributed by atoms with van der Waals surface area (Å²) in [6, 6.07) is 3.59. The molecule has 1 fully saturated rings. The Labute approximate surface area is 116 Å². The van der Waals surface area contributed by atoms with Gasteiger partial charge in [0, 0.05) is 5.56 Å². The van der Waals surface area contributed by atoms with Gasteiger partial charge in [0.15, 0.2) is 0 Å². The maximum Gasteiger partial charge on any atom is 0.248 e. The highest BCUT2D eigenvalue weighted by Gasteiger charge is 2.35. The Hall–Kier alpha value is -1.95. The highest BCUT2D eigenvalue weighted by Crippen LogP contribution is 2.27. The molecule has 108 valence electrons. The van der Waals surface area contributed by atoms with Crippen LogP contribution in [0.5, 0.6) is 0 Å². The number of hydrogen-bond acceptors (Lipinski definition) is 3. The first-order valence-corrected chi connectivity index (χ1v) is 6.62. The number of rotatable bonds is 3. The van der Waals surface area contributed by atoms with Crippen LogP contribution in [0.15, 0.2) is 18.2 Å². The minimum atomic E-state index is -0.965. The molecular weight excluding hydrogens is 261 g/mol. The minimum Gasteiger partial charge on any atom is -0.366 e. The maximum atomic E-state index is 13.7. The predicted molar refractivity (Wildman–Crippen MR) is 73.6 cm³/mol. The Morgan fingerprint density at radius 2 is 1.85 bits per heavy atom. The van der Waals surface area contributed by atoms with E-state index in [0.717, 1.165) is 25.3 Å². The Morgan fingerprint density at radius 1 is 1.20 bits per heavy atom. The molecule has 2 amide bonds. The van der Waals surface area contributed by atoms with Crippen LogP contribution in [0.25, 0.3) is 0 Å². The highest BCUT2D eigenvalue weighted by atomic mass is 19.1. The average Bonchev–Trinajstić information content (AvgIpc) is 2.41. The lowest BCUT2D eigenvalue weighted by molar-refractivity contribution is -0.122. The number of carbonyl (C=O) groups is 2. The van der Waals surface area contributed by atoms with Crippen LogP contribution >= 0.6 is 0 Å². The topological polar surface area (TPSA) is 98.2 Å². The summed E-state index contributed by atoms with van der Waals surface area (Å²) in [7, 11) is 0. The quantitative estimate of drug-likeness (QED) is 0.782. The minimum absolute atomic E-state index is 0.0679. The predicted octanol–water partition coefficient (Wildman–Crippen LogP) is 1.52. The van der Waals surface area contributed by atoms with Crippen molar-refractivity contribution in [1.82, 2.24) is 0 Å². The van der Waals surface area contributed by atoms with E-state index in [4.69, 9.17) is 11.5 Å². The van der Waals surface area contributed by atoms with Crippen LogP contribution in [0.1, 0.15) is 42.5 Å². The molecule has 1 aliphatic rings. The first-order valence-electron chi connectivity index (χ1n) is 6.62. The molecule has 0 atom stereocenters. The summed E-state index contributed by atoms with van der Waals surface area (Å²) < 4.78 is 13.7. The first-order chi connectivity index (χ1) is 9.42. The van der Waals surface area contributed by atoms with E-state index < -0.39 is 23.2 Å². The zero-order valence-electron chi connectivity index (χ0n) is 11.1. The monoisotopic (exact) mass is 279 g/mol. The van der Waals surface area contributed by atoms with E-state index in [0.29, 0.717) is 12.8 Å². The number of nitrogens with two attached hydrogens (primary N) is 2. The Kier molecular flexibility index (Phi) is 4.04. The van der Waals surface area contributed by atoms with Gasteiger partial charge >= 0.3 is 0 Å². The van der Waals surface area contributed by atoms with Crippen LogP contribution in [0, 0.1) is 5.82 Å². The van der Waals surface area contributed by atoms with E-state index in [-0.39, 0.29) is 11.3 Å². The van der Waals surface area contributed by atoms with E-state index in [1.54, 1.807) is 0 Å². The van der Waals surface area contributed by atoms with E-state index >= 15 is 0 Å². The van der Waals surface area contributed by atoms with Gasteiger partial charge in [-0.3, -0.25) is 9.59 Å². The van der Waals surface area contributed by atoms with Crippen LogP contribution in [-0.2, 0) is 4.79 Å². The Bertz CT molecular complexity index is 539. The van der Waals surface area contributed by atoms with Gasteiger partial charge in [-0.15, -0.1) is 0 Å². The normalized spacial score (nSPS) is 17.5. The molecule has 0 heterocycles. The summed E-state index contributed by atoms with van der Waals surface area (Å²) in [5.74, 6) is -1.72. The van der Waals surface area contributed by atoms with Crippen molar-refractivity contribution >= 4 is 17.5 Å². The van der Waals surface area contributed by atoms with Gasteiger partial charge in [0.1, 0.15) is 5.82 Å². The molecule has 1 aliphatic carbocycles. The van der Waals surface area contributed by atoms with Crippen LogP contribution in [0.3, 0.4) is 0 Å². The highest BCUT2D eigenvalue weighted by molar-refractivity contribution is 6.00. The first kappa shape index (κ1) is 14.5. The lowest BCUT2D eigenvalue weighted by Crippen LogP contribution is -2.52. The van der Waals surface area contributed by atoms with Crippen molar-refractivity contribution in [3.05, 3.63) is 29.6 Å². The number of anilines is 1. The zero-order chi connectivity index (χ0) is 14.8. The number of primary amides is 1. The summed E-state index contributed by atoms with van der Waals surface area (Å²) >= 11 is 0. The molecule has 6 heteroatoms. The molecule has 0 spiro atoms. The molecule has 5 N–H and O–H groups in total. The number of hydrogen-bond donors (Lipinski definition) is 3. The summed E-state index contributed by atoms with van der Waals surface area (Å²) in [4.78, 5) is 23.3. The number of amides is 2. The van der Waals surface area contributed by atoms with Gasteiger partial charge in [-0.05, 0) is 31.0 Å². The van der Waals surface area contributed by atoms with Gasteiger partial charge in [-0.25, -0.2) is 4.39 Å². The van der Waals surface area contributed by atoms with E-state index in [9.17, 15) is 14.0 Å². The lowest BCUT2D eigenvalue weighted by atomic mass is 9.82. The van der Waals surface area contributed by atoms with Gasteiger partial charge in [0.2, 0.25) is 11.8 Å². The van der Waals surface area contributed by atoms with Crippen molar-refractivity contribution in [2.24, 2.45) is 11.5 Å². The van der Waals surface area contributed by atoms with Crippen molar-refractivity contribution in [3.63, 3.8) is 0 Å².